The van der Waals surface area contributed by atoms with Gasteiger partial charge in [0.05, 0.1) is 28.3 Å². The van der Waals surface area contributed by atoms with Crippen molar-refractivity contribution in [2.75, 3.05) is 23.3 Å². The van der Waals surface area contributed by atoms with Crippen LogP contribution in [0.1, 0.15) is 10.4 Å². The highest BCUT2D eigenvalue weighted by molar-refractivity contribution is 7.92. The molecule has 32 heavy (non-hydrogen) atoms. The van der Waals surface area contributed by atoms with Gasteiger partial charge in [0.25, 0.3) is 10.0 Å². The molecule has 10 heteroatoms. The second-order valence-electron chi connectivity index (χ2n) is 6.54. The molecule has 0 unspecified atom stereocenters. The van der Waals surface area contributed by atoms with Crippen molar-refractivity contribution < 1.29 is 22.7 Å². The summed E-state index contributed by atoms with van der Waals surface area (Å²) in [5.74, 6) is -1.13. The first-order valence-corrected chi connectivity index (χ1v) is 11.4. The molecule has 0 aliphatic carbocycles. The first-order valence-electron chi connectivity index (χ1n) is 9.23. The molecule has 0 aliphatic heterocycles. The maximum Gasteiger partial charge on any atom is 0.337 e. The summed E-state index contributed by atoms with van der Waals surface area (Å²) in [4.78, 5) is 24.3. The van der Waals surface area contributed by atoms with E-state index in [1.807, 2.05) is 0 Å². The van der Waals surface area contributed by atoms with Crippen LogP contribution in [0.2, 0.25) is 10.0 Å². The van der Waals surface area contributed by atoms with E-state index in [2.05, 4.69) is 10.1 Å². The van der Waals surface area contributed by atoms with E-state index in [1.54, 1.807) is 18.2 Å². The molecule has 0 fully saturated rings. The predicted octanol–water partition coefficient (Wildman–Crippen LogP) is 4.61. The van der Waals surface area contributed by atoms with E-state index in [0.29, 0.717) is 11.3 Å². The van der Waals surface area contributed by atoms with Crippen LogP contribution in [0.25, 0.3) is 0 Å². The lowest BCUT2D eigenvalue weighted by molar-refractivity contribution is -0.114. The van der Waals surface area contributed by atoms with Crippen molar-refractivity contribution >= 4 is 56.5 Å². The van der Waals surface area contributed by atoms with Gasteiger partial charge in [-0.1, -0.05) is 41.4 Å². The topological polar surface area (TPSA) is 92.8 Å². The highest BCUT2D eigenvalue weighted by Crippen LogP contribution is 2.33. The van der Waals surface area contributed by atoms with Crippen molar-refractivity contribution in [3.63, 3.8) is 0 Å². The number of benzene rings is 3. The lowest BCUT2D eigenvalue weighted by atomic mass is 10.2. The van der Waals surface area contributed by atoms with Crippen LogP contribution in [-0.2, 0) is 19.6 Å². The van der Waals surface area contributed by atoms with E-state index >= 15 is 0 Å². The monoisotopic (exact) mass is 492 g/mol. The Kier molecular flexibility index (Phi) is 7.40. The van der Waals surface area contributed by atoms with E-state index in [-0.39, 0.29) is 20.6 Å². The number of nitrogens with zero attached hydrogens (tertiary/aromatic N) is 1. The maximum absolute atomic E-state index is 13.3. The van der Waals surface area contributed by atoms with Gasteiger partial charge in [-0.05, 0) is 54.6 Å². The molecule has 0 radical (unpaired) electrons. The summed E-state index contributed by atoms with van der Waals surface area (Å²) in [6.45, 7) is -0.559. The van der Waals surface area contributed by atoms with Crippen molar-refractivity contribution in [2.24, 2.45) is 0 Å². The highest BCUT2D eigenvalue weighted by Gasteiger charge is 2.29. The fraction of sp³-hybridized carbons (Fsp3) is 0.0909. The lowest BCUT2D eigenvalue weighted by Gasteiger charge is -2.25. The van der Waals surface area contributed by atoms with Gasteiger partial charge < -0.3 is 10.1 Å². The van der Waals surface area contributed by atoms with Gasteiger partial charge in [0.1, 0.15) is 6.54 Å². The average molecular weight is 493 g/mol. The zero-order valence-corrected chi connectivity index (χ0v) is 19.1. The summed E-state index contributed by atoms with van der Waals surface area (Å²) in [5, 5.41) is 2.99. The summed E-state index contributed by atoms with van der Waals surface area (Å²) in [6.07, 6.45) is 0. The van der Waals surface area contributed by atoms with Gasteiger partial charge in [-0.3, -0.25) is 9.10 Å². The molecule has 3 aromatic carbocycles. The lowest BCUT2D eigenvalue weighted by Crippen LogP contribution is -2.38. The van der Waals surface area contributed by atoms with E-state index in [4.69, 9.17) is 23.2 Å². The van der Waals surface area contributed by atoms with Crippen molar-refractivity contribution in [3.05, 3.63) is 88.4 Å². The Morgan fingerprint density at radius 3 is 2.25 bits per heavy atom. The minimum absolute atomic E-state index is 0.00808. The summed E-state index contributed by atoms with van der Waals surface area (Å²) in [5.41, 5.74) is 0.751. The number of hydrogen-bond donors (Lipinski definition) is 1. The molecule has 0 saturated heterocycles. The van der Waals surface area contributed by atoms with E-state index < -0.39 is 28.4 Å². The van der Waals surface area contributed by atoms with Crippen molar-refractivity contribution in [1.29, 1.82) is 0 Å². The summed E-state index contributed by atoms with van der Waals surface area (Å²) in [7, 11) is -2.87. The molecule has 3 rings (SSSR count). The Morgan fingerprint density at radius 1 is 0.969 bits per heavy atom. The molecule has 3 aromatic rings. The molecular weight excluding hydrogens is 475 g/mol. The van der Waals surface area contributed by atoms with Crippen LogP contribution in [0.4, 0.5) is 11.4 Å². The highest BCUT2D eigenvalue weighted by atomic mass is 35.5. The van der Waals surface area contributed by atoms with Crippen LogP contribution in [0.3, 0.4) is 0 Å². The van der Waals surface area contributed by atoms with Crippen LogP contribution in [0.15, 0.2) is 77.7 Å². The van der Waals surface area contributed by atoms with Crippen molar-refractivity contribution in [1.82, 2.24) is 0 Å². The Labute approximate surface area is 195 Å². The number of anilines is 2. The second-order valence-corrected chi connectivity index (χ2v) is 9.24. The number of sulfonamides is 1. The predicted molar refractivity (Wildman–Crippen MR) is 124 cm³/mol. The molecule has 166 valence electrons. The largest absolute Gasteiger partial charge is 0.465 e. The standard InChI is InChI=1S/C22H18Cl2N2O5S/c1-31-22(28)15-7-10-17(11-8-15)25-21(27)14-26(20-13-16(23)9-12-19(20)24)32(29,30)18-5-3-2-4-6-18/h2-13H,14H2,1H3,(H,25,27). The number of esters is 1. The van der Waals surface area contributed by atoms with E-state index in [1.165, 1.54) is 61.7 Å². The molecule has 7 nitrogen and oxygen atoms in total. The molecule has 1 amide bonds. The molecule has 0 atom stereocenters. The summed E-state index contributed by atoms with van der Waals surface area (Å²) < 4.78 is 32.2. The smallest absolute Gasteiger partial charge is 0.337 e. The molecule has 0 spiro atoms. The Balaban J connectivity index is 1.91. The number of carbonyl (C=O) groups is 2. The van der Waals surface area contributed by atoms with Crippen LogP contribution in [0.5, 0.6) is 0 Å². The minimum Gasteiger partial charge on any atom is -0.465 e. The number of rotatable bonds is 7. The number of halogens is 2. The molecule has 0 bridgehead atoms. The molecule has 1 N–H and O–H groups in total. The van der Waals surface area contributed by atoms with Crippen LogP contribution in [-0.4, -0.2) is 33.9 Å². The second kappa shape index (κ2) is 10.0. The van der Waals surface area contributed by atoms with Crippen molar-refractivity contribution in [2.45, 2.75) is 4.90 Å². The fourth-order valence-corrected chi connectivity index (χ4v) is 4.72. The Bertz CT molecular complexity index is 1230. The van der Waals surface area contributed by atoms with Gasteiger partial charge in [-0.2, -0.15) is 0 Å². The normalized spacial score (nSPS) is 11.0. The number of nitrogens with one attached hydrogen (secondary N) is 1. The van der Waals surface area contributed by atoms with Gasteiger partial charge in [0.15, 0.2) is 0 Å². The van der Waals surface area contributed by atoms with E-state index in [9.17, 15) is 18.0 Å². The zero-order valence-electron chi connectivity index (χ0n) is 16.8. The number of methoxy groups -OCH3 is 1. The molecule has 0 heterocycles. The van der Waals surface area contributed by atoms with Gasteiger partial charge in [0, 0.05) is 10.7 Å². The Hall–Kier alpha value is -3.07. The van der Waals surface area contributed by atoms with Gasteiger partial charge in [-0.25, -0.2) is 13.2 Å². The number of ether oxygens (including phenoxy) is 1. The summed E-state index contributed by atoms with van der Waals surface area (Å²) in [6, 6.07) is 18.0. The van der Waals surface area contributed by atoms with Gasteiger partial charge in [-0.15, -0.1) is 0 Å². The third-order valence-corrected chi connectivity index (χ3v) is 6.71. The maximum atomic E-state index is 13.3. The number of carbonyl (C=O) groups excluding carboxylic acids is 2. The third-order valence-electron chi connectivity index (χ3n) is 4.39. The van der Waals surface area contributed by atoms with Crippen molar-refractivity contribution in [3.8, 4) is 0 Å². The van der Waals surface area contributed by atoms with Crippen LogP contribution >= 0.6 is 23.2 Å². The SMILES string of the molecule is COC(=O)c1ccc(NC(=O)CN(c2cc(Cl)ccc2Cl)S(=O)(=O)c2ccccc2)cc1. The Morgan fingerprint density at radius 2 is 1.62 bits per heavy atom. The fourth-order valence-electron chi connectivity index (χ4n) is 2.83. The van der Waals surface area contributed by atoms with Crippen LogP contribution in [0, 0.1) is 0 Å². The van der Waals surface area contributed by atoms with Gasteiger partial charge >= 0.3 is 5.97 Å². The third kappa shape index (κ3) is 5.40. The summed E-state index contributed by atoms with van der Waals surface area (Å²) >= 11 is 12.3. The first kappa shape index (κ1) is 23.6. The average Bonchev–Trinajstić information content (AvgIpc) is 2.79. The quantitative estimate of drug-likeness (QED) is 0.485. The van der Waals surface area contributed by atoms with E-state index in [0.717, 1.165) is 4.31 Å². The first-order chi connectivity index (χ1) is 15.2. The van der Waals surface area contributed by atoms with Gasteiger partial charge in [0.2, 0.25) is 5.91 Å². The molecule has 0 aromatic heterocycles. The number of amides is 1. The van der Waals surface area contributed by atoms with Crippen LogP contribution < -0.4 is 9.62 Å². The molecule has 0 saturated carbocycles. The minimum atomic E-state index is -4.13. The number of hydrogen-bond acceptors (Lipinski definition) is 5. The molecule has 0 aliphatic rings. The molecular formula is C22H18Cl2N2O5S. The zero-order chi connectivity index (χ0) is 23.3.